The van der Waals surface area contributed by atoms with E-state index in [1.165, 1.54) is 6.92 Å². The van der Waals surface area contributed by atoms with Gasteiger partial charge in [-0.1, -0.05) is 20.4 Å². The number of hydrogen-bond acceptors (Lipinski definition) is 3. The average molecular weight is 186 g/mol. The molecule has 0 aliphatic rings. The van der Waals surface area contributed by atoms with E-state index in [2.05, 4.69) is 20.4 Å². The van der Waals surface area contributed by atoms with E-state index in [1.54, 1.807) is 0 Å². The van der Waals surface area contributed by atoms with Gasteiger partial charge in [0.05, 0.1) is 6.61 Å². The van der Waals surface area contributed by atoms with Crippen LogP contribution >= 0.6 is 0 Å². The van der Waals surface area contributed by atoms with Crippen molar-refractivity contribution in [1.29, 1.82) is 0 Å². The van der Waals surface area contributed by atoms with E-state index in [9.17, 15) is 4.79 Å². The monoisotopic (exact) mass is 186 g/mol. The number of hydrogen-bond donors (Lipinski definition) is 0. The van der Waals surface area contributed by atoms with Crippen molar-refractivity contribution in [2.75, 3.05) is 13.2 Å². The lowest BCUT2D eigenvalue weighted by atomic mass is 10.1. The number of ether oxygens (including phenoxy) is 2. The minimum Gasteiger partial charge on any atom is -0.495 e. The topological polar surface area (TPSA) is 35.5 Å². The molecule has 0 aliphatic carbocycles. The van der Waals surface area contributed by atoms with Crippen LogP contribution in [0.5, 0.6) is 0 Å². The van der Waals surface area contributed by atoms with Gasteiger partial charge in [-0.2, -0.15) is 0 Å². The fourth-order valence-corrected chi connectivity index (χ4v) is 0.663. The van der Waals surface area contributed by atoms with Gasteiger partial charge in [0.15, 0.2) is 0 Å². The Morgan fingerprint density at radius 2 is 2.00 bits per heavy atom. The molecule has 0 fully saturated rings. The number of carbonyl (C=O) groups excluding carboxylic acids is 1. The van der Waals surface area contributed by atoms with E-state index in [0.717, 1.165) is 6.42 Å². The Balaban J connectivity index is 3.36. The molecule has 0 amide bonds. The molecule has 0 aromatic rings. The lowest BCUT2D eigenvalue weighted by molar-refractivity contribution is -0.140. The summed E-state index contributed by atoms with van der Waals surface area (Å²) in [7, 11) is 0. The van der Waals surface area contributed by atoms with Gasteiger partial charge in [-0.3, -0.25) is 4.79 Å². The molecule has 0 bridgehead atoms. The number of carbonyl (C=O) groups is 1. The lowest BCUT2D eigenvalue weighted by Gasteiger charge is -2.09. The summed E-state index contributed by atoms with van der Waals surface area (Å²) in [6.07, 6.45) is 0.985. The van der Waals surface area contributed by atoms with Crippen LogP contribution < -0.4 is 0 Å². The third kappa shape index (κ3) is 8.92. The van der Waals surface area contributed by atoms with Gasteiger partial charge < -0.3 is 9.47 Å². The average Bonchev–Trinajstić information content (AvgIpc) is 2.00. The minimum atomic E-state index is -0.311. The molecule has 0 N–H and O–H groups in total. The fourth-order valence-electron chi connectivity index (χ4n) is 0.663. The van der Waals surface area contributed by atoms with Gasteiger partial charge >= 0.3 is 5.97 Å². The van der Waals surface area contributed by atoms with E-state index in [4.69, 9.17) is 9.47 Å². The van der Waals surface area contributed by atoms with Crippen molar-refractivity contribution in [1.82, 2.24) is 0 Å². The molecule has 0 heterocycles. The zero-order chi connectivity index (χ0) is 10.3. The van der Waals surface area contributed by atoms with E-state index >= 15 is 0 Å². The zero-order valence-electron chi connectivity index (χ0n) is 8.63. The Morgan fingerprint density at radius 1 is 1.38 bits per heavy atom. The molecular weight excluding hydrogens is 168 g/mol. The maximum Gasteiger partial charge on any atom is 0.303 e. The van der Waals surface area contributed by atoms with Crippen LogP contribution in [0.1, 0.15) is 27.2 Å². The van der Waals surface area contributed by atoms with Crippen molar-refractivity contribution >= 4 is 5.97 Å². The van der Waals surface area contributed by atoms with Gasteiger partial charge in [0.25, 0.3) is 0 Å². The van der Waals surface area contributed by atoms with Crippen molar-refractivity contribution in [3.05, 3.63) is 12.3 Å². The molecule has 0 unspecified atom stereocenters. The van der Waals surface area contributed by atoms with Crippen LogP contribution in [0.15, 0.2) is 12.3 Å². The highest BCUT2D eigenvalue weighted by Crippen LogP contribution is 2.02. The quantitative estimate of drug-likeness (QED) is 0.471. The van der Waals surface area contributed by atoms with Crippen molar-refractivity contribution in [3.8, 4) is 0 Å². The van der Waals surface area contributed by atoms with E-state index in [1.807, 2.05) is 0 Å². The van der Waals surface area contributed by atoms with Crippen LogP contribution in [0.4, 0.5) is 0 Å². The van der Waals surface area contributed by atoms with Gasteiger partial charge in [0.1, 0.15) is 12.4 Å². The maximum atomic E-state index is 10.4. The first-order valence-corrected chi connectivity index (χ1v) is 4.46. The normalized spacial score (nSPS) is 9.85. The molecule has 0 atom stereocenters. The SMILES string of the molecule is C=C(COC(C)=O)OCCC(C)C. The number of rotatable bonds is 6. The Kier molecular flexibility index (Phi) is 6.02. The van der Waals surface area contributed by atoms with Gasteiger partial charge in [0, 0.05) is 6.92 Å². The maximum absolute atomic E-state index is 10.4. The summed E-state index contributed by atoms with van der Waals surface area (Å²) in [5, 5.41) is 0. The van der Waals surface area contributed by atoms with Crippen LogP contribution in [-0.4, -0.2) is 19.2 Å². The van der Waals surface area contributed by atoms with E-state index < -0.39 is 0 Å². The Hall–Kier alpha value is -0.990. The van der Waals surface area contributed by atoms with Gasteiger partial charge in [-0.05, 0) is 12.3 Å². The van der Waals surface area contributed by atoms with Crippen LogP contribution in [0.25, 0.3) is 0 Å². The molecule has 0 aromatic heterocycles. The first-order chi connectivity index (χ1) is 6.02. The molecule has 0 aliphatic heterocycles. The van der Waals surface area contributed by atoms with Crippen LogP contribution in [0.3, 0.4) is 0 Å². The van der Waals surface area contributed by atoms with Crippen molar-refractivity contribution < 1.29 is 14.3 Å². The predicted octanol–water partition coefficient (Wildman–Crippen LogP) is 2.13. The molecule has 3 nitrogen and oxygen atoms in total. The highest BCUT2D eigenvalue weighted by molar-refractivity contribution is 5.66. The second-order valence-electron chi connectivity index (χ2n) is 3.35. The molecule has 0 aromatic carbocycles. The summed E-state index contributed by atoms with van der Waals surface area (Å²) >= 11 is 0. The molecule has 0 spiro atoms. The van der Waals surface area contributed by atoms with Crippen molar-refractivity contribution in [3.63, 3.8) is 0 Å². The summed E-state index contributed by atoms with van der Waals surface area (Å²) in [5.41, 5.74) is 0. The summed E-state index contributed by atoms with van der Waals surface area (Å²) in [4.78, 5) is 10.4. The zero-order valence-corrected chi connectivity index (χ0v) is 8.63. The van der Waals surface area contributed by atoms with Gasteiger partial charge in [0.2, 0.25) is 0 Å². The predicted molar refractivity (Wildman–Crippen MR) is 51.2 cm³/mol. The molecule has 0 saturated carbocycles. The third-order valence-electron chi connectivity index (χ3n) is 1.44. The molecule has 13 heavy (non-hydrogen) atoms. The van der Waals surface area contributed by atoms with Crippen molar-refractivity contribution in [2.24, 2.45) is 5.92 Å². The van der Waals surface area contributed by atoms with Gasteiger partial charge in [-0.25, -0.2) is 0 Å². The first-order valence-electron chi connectivity index (χ1n) is 4.46. The molecule has 3 heteroatoms. The van der Waals surface area contributed by atoms with Crippen molar-refractivity contribution in [2.45, 2.75) is 27.2 Å². The van der Waals surface area contributed by atoms with Gasteiger partial charge in [-0.15, -0.1) is 0 Å². The smallest absolute Gasteiger partial charge is 0.303 e. The second-order valence-corrected chi connectivity index (χ2v) is 3.35. The first kappa shape index (κ1) is 12.0. The molecular formula is C10H18O3. The van der Waals surface area contributed by atoms with Crippen LogP contribution in [0, 0.1) is 5.92 Å². The molecule has 0 radical (unpaired) electrons. The standard InChI is InChI=1S/C10H18O3/c1-8(2)5-6-12-9(3)7-13-10(4)11/h8H,3,5-7H2,1-2,4H3. The van der Waals surface area contributed by atoms with Crippen LogP contribution in [-0.2, 0) is 14.3 Å². The summed E-state index contributed by atoms with van der Waals surface area (Å²) < 4.78 is 9.93. The highest BCUT2D eigenvalue weighted by atomic mass is 16.6. The number of esters is 1. The lowest BCUT2D eigenvalue weighted by Crippen LogP contribution is -2.06. The second kappa shape index (κ2) is 6.52. The summed E-state index contributed by atoms with van der Waals surface area (Å²) in [5.74, 6) is 0.811. The third-order valence-corrected chi connectivity index (χ3v) is 1.44. The molecule has 0 rings (SSSR count). The Morgan fingerprint density at radius 3 is 2.46 bits per heavy atom. The minimum absolute atomic E-state index is 0.160. The Labute approximate surface area is 79.7 Å². The van der Waals surface area contributed by atoms with E-state index in [-0.39, 0.29) is 12.6 Å². The molecule has 76 valence electrons. The summed E-state index contributed by atoms with van der Waals surface area (Å²) in [6.45, 7) is 10.0. The largest absolute Gasteiger partial charge is 0.495 e. The fraction of sp³-hybridized carbons (Fsp3) is 0.700. The molecule has 0 saturated heterocycles. The summed E-state index contributed by atoms with van der Waals surface area (Å²) in [6, 6.07) is 0. The highest BCUT2D eigenvalue weighted by Gasteiger charge is 1.99. The Bertz CT molecular complexity index is 173. The van der Waals surface area contributed by atoms with E-state index in [0.29, 0.717) is 18.3 Å². The van der Waals surface area contributed by atoms with Crippen LogP contribution in [0.2, 0.25) is 0 Å².